The molecule has 0 aliphatic carbocycles. The Kier molecular flexibility index (Phi) is 7.19. The highest BCUT2D eigenvalue weighted by Crippen LogP contribution is 2.02. The van der Waals surface area contributed by atoms with Gasteiger partial charge in [0.1, 0.15) is 6.42 Å². The lowest BCUT2D eigenvalue weighted by Gasteiger charge is -2.01. The van der Waals surface area contributed by atoms with Gasteiger partial charge in [-0.25, -0.2) is 0 Å². The van der Waals surface area contributed by atoms with Crippen molar-refractivity contribution in [2.45, 2.75) is 13.3 Å². The van der Waals surface area contributed by atoms with Gasteiger partial charge in [0.15, 0.2) is 5.78 Å². The molecule has 0 spiro atoms. The maximum atomic E-state index is 11.1. The molecule has 0 aromatic carbocycles. The SMILES string of the molecule is COC(=O)CC(=O)CSCC(=O)NC(C)=O. The normalized spacial score (nSPS) is 9.38. The molecule has 0 atom stereocenters. The standard InChI is InChI=1S/C9H13NO5S/c1-6(11)10-8(13)5-16-4-7(12)3-9(14)15-2/h3-5H2,1-2H3,(H,10,11,13). The van der Waals surface area contributed by atoms with Crippen LogP contribution in [0.1, 0.15) is 13.3 Å². The molecule has 0 saturated heterocycles. The van der Waals surface area contributed by atoms with Gasteiger partial charge >= 0.3 is 5.97 Å². The summed E-state index contributed by atoms with van der Waals surface area (Å²) in [4.78, 5) is 43.2. The first-order valence-corrected chi connectivity index (χ1v) is 5.58. The summed E-state index contributed by atoms with van der Waals surface area (Å²) in [6, 6.07) is 0. The fourth-order valence-corrected chi connectivity index (χ4v) is 1.46. The Bertz CT molecular complexity index is 302. The van der Waals surface area contributed by atoms with Crippen LogP contribution in [0.15, 0.2) is 0 Å². The van der Waals surface area contributed by atoms with Crippen LogP contribution < -0.4 is 5.32 Å². The molecule has 90 valence electrons. The van der Waals surface area contributed by atoms with Gasteiger partial charge in [-0.05, 0) is 0 Å². The van der Waals surface area contributed by atoms with E-state index in [0.29, 0.717) is 0 Å². The number of ether oxygens (including phenoxy) is 1. The fraction of sp³-hybridized carbons (Fsp3) is 0.556. The molecule has 0 radical (unpaired) electrons. The highest BCUT2D eigenvalue weighted by Gasteiger charge is 2.10. The van der Waals surface area contributed by atoms with Crippen molar-refractivity contribution in [3.63, 3.8) is 0 Å². The second kappa shape index (κ2) is 7.86. The van der Waals surface area contributed by atoms with Crippen molar-refractivity contribution in [2.24, 2.45) is 0 Å². The number of carbonyl (C=O) groups excluding carboxylic acids is 4. The minimum Gasteiger partial charge on any atom is -0.469 e. The predicted octanol–water partition coefficient (Wildman–Crippen LogP) is -0.486. The van der Waals surface area contributed by atoms with E-state index in [1.165, 1.54) is 14.0 Å². The summed E-state index contributed by atoms with van der Waals surface area (Å²) in [5.41, 5.74) is 0. The molecule has 0 aliphatic rings. The summed E-state index contributed by atoms with van der Waals surface area (Å²) in [6.07, 6.45) is -0.294. The summed E-state index contributed by atoms with van der Waals surface area (Å²) in [5.74, 6) is -1.76. The Morgan fingerprint density at radius 2 is 1.81 bits per heavy atom. The first-order valence-electron chi connectivity index (χ1n) is 4.42. The molecule has 16 heavy (non-hydrogen) atoms. The van der Waals surface area contributed by atoms with E-state index >= 15 is 0 Å². The van der Waals surface area contributed by atoms with Crippen molar-refractivity contribution in [3.8, 4) is 0 Å². The van der Waals surface area contributed by atoms with Gasteiger partial charge < -0.3 is 4.74 Å². The van der Waals surface area contributed by atoms with Crippen molar-refractivity contribution in [3.05, 3.63) is 0 Å². The molecule has 0 bridgehead atoms. The van der Waals surface area contributed by atoms with Gasteiger partial charge in [-0.1, -0.05) is 0 Å². The Hall–Kier alpha value is -1.37. The highest BCUT2D eigenvalue weighted by atomic mass is 32.2. The van der Waals surface area contributed by atoms with E-state index in [4.69, 9.17) is 0 Å². The summed E-state index contributed by atoms with van der Waals surface area (Å²) in [5, 5.41) is 2.07. The number of carbonyl (C=O) groups is 4. The lowest BCUT2D eigenvalue weighted by Crippen LogP contribution is -2.29. The Morgan fingerprint density at radius 3 is 2.31 bits per heavy atom. The van der Waals surface area contributed by atoms with Gasteiger partial charge in [0.2, 0.25) is 11.8 Å². The fourth-order valence-electron chi connectivity index (χ4n) is 0.774. The van der Waals surface area contributed by atoms with Gasteiger partial charge in [0.05, 0.1) is 18.6 Å². The quantitative estimate of drug-likeness (QED) is 0.503. The molecule has 0 unspecified atom stereocenters. The van der Waals surface area contributed by atoms with Crippen LogP contribution in [0.5, 0.6) is 0 Å². The summed E-state index contributed by atoms with van der Waals surface area (Å²) in [7, 11) is 1.20. The number of rotatable bonds is 6. The zero-order chi connectivity index (χ0) is 12.6. The van der Waals surface area contributed by atoms with Gasteiger partial charge in [-0.3, -0.25) is 24.5 Å². The van der Waals surface area contributed by atoms with E-state index in [0.717, 1.165) is 11.8 Å². The predicted molar refractivity (Wildman–Crippen MR) is 57.8 cm³/mol. The molecule has 6 nitrogen and oxygen atoms in total. The molecule has 0 aromatic heterocycles. The Labute approximate surface area is 97.1 Å². The number of thioether (sulfide) groups is 1. The zero-order valence-electron chi connectivity index (χ0n) is 9.07. The molecule has 2 amide bonds. The highest BCUT2D eigenvalue weighted by molar-refractivity contribution is 8.00. The molecule has 7 heteroatoms. The van der Waals surface area contributed by atoms with E-state index < -0.39 is 17.8 Å². The van der Waals surface area contributed by atoms with Crippen LogP contribution >= 0.6 is 11.8 Å². The van der Waals surface area contributed by atoms with E-state index in [2.05, 4.69) is 10.1 Å². The van der Waals surface area contributed by atoms with Gasteiger partial charge in [-0.15, -0.1) is 11.8 Å². The number of nitrogens with one attached hydrogen (secondary N) is 1. The van der Waals surface area contributed by atoms with Crippen LogP contribution in [0.3, 0.4) is 0 Å². The number of amides is 2. The molecular formula is C9H13NO5S. The van der Waals surface area contributed by atoms with Gasteiger partial charge in [0.25, 0.3) is 0 Å². The molecule has 0 heterocycles. The van der Waals surface area contributed by atoms with Crippen LogP contribution in [-0.4, -0.2) is 42.2 Å². The van der Waals surface area contributed by atoms with Crippen molar-refractivity contribution in [2.75, 3.05) is 18.6 Å². The molecule has 0 fully saturated rings. The van der Waals surface area contributed by atoms with E-state index in [1.54, 1.807) is 0 Å². The van der Waals surface area contributed by atoms with Crippen molar-refractivity contribution in [1.29, 1.82) is 0 Å². The zero-order valence-corrected chi connectivity index (χ0v) is 9.89. The number of Topliss-reactive ketones (excluding diaryl/α,β-unsaturated/α-hetero) is 1. The van der Waals surface area contributed by atoms with Crippen LogP contribution in [0, 0.1) is 0 Å². The number of ketones is 1. The first kappa shape index (κ1) is 14.6. The second-order valence-corrected chi connectivity index (χ2v) is 3.87. The number of methoxy groups -OCH3 is 1. The largest absolute Gasteiger partial charge is 0.469 e. The van der Waals surface area contributed by atoms with E-state index in [1.807, 2.05) is 0 Å². The van der Waals surface area contributed by atoms with Crippen LogP contribution in [0.4, 0.5) is 0 Å². The molecule has 0 saturated carbocycles. The topological polar surface area (TPSA) is 89.5 Å². The lowest BCUT2D eigenvalue weighted by atomic mass is 10.3. The molecule has 0 aliphatic heterocycles. The molecular weight excluding hydrogens is 234 g/mol. The Morgan fingerprint density at radius 1 is 1.19 bits per heavy atom. The number of hydrogen-bond donors (Lipinski definition) is 1. The Balaban J connectivity index is 3.66. The van der Waals surface area contributed by atoms with Gasteiger partial charge in [-0.2, -0.15) is 0 Å². The third kappa shape index (κ3) is 7.98. The van der Waals surface area contributed by atoms with Crippen LogP contribution in [0.25, 0.3) is 0 Å². The summed E-state index contributed by atoms with van der Waals surface area (Å²) < 4.78 is 4.31. The number of imide groups is 1. The van der Waals surface area contributed by atoms with E-state index in [-0.39, 0.29) is 23.7 Å². The monoisotopic (exact) mass is 247 g/mol. The minimum absolute atomic E-state index is 0.00644. The van der Waals surface area contributed by atoms with Crippen molar-refractivity contribution in [1.82, 2.24) is 5.32 Å². The minimum atomic E-state index is -0.598. The summed E-state index contributed by atoms with van der Waals surface area (Å²) >= 11 is 1.04. The third-order valence-corrected chi connectivity index (χ3v) is 2.37. The summed E-state index contributed by atoms with van der Waals surface area (Å²) in [6.45, 7) is 1.23. The average Bonchev–Trinajstić information content (AvgIpc) is 2.16. The first-order chi connectivity index (χ1) is 7.45. The maximum Gasteiger partial charge on any atom is 0.313 e. The smallest absolute Gasteiger partial charge is 0.313 e. The van der Waals surface area contributed by atoms with Crippen molar-refractivity contribution >= 4 is 35.3 Å². The number of esters is 1. The van der Waals surface area contributed by atoms with Gasteiger partial charge in [0, 0.05) is 6.92 Å². The lowest BCUT2D eigenvalue weighted by molar-refractivity contribution is -0.143. The third-order valence-electron chi connectivity index (χ3n) is 1.38. The maximum absolute atomic E-state index is 11.1. The molecule has 1 N–H and O–H groups in total. The van der Waals surface area contributed by atoms with Crippen LogP contribution in [0.2, 0.25) is 0 Å². The molecule has 0 rings (SSSR count). The average molecular weight is 247 g/mol. The number of hydrogen-bond acceptors (Lipinski definition) is 6. The van der Waals surface area contributed by atoms with E-state index in [9.17, 15) is 19.2 Å². The molecule has 0 aromatic rings. The van der Waals surface area contributed by atoms with Crippen LogP contribution in [-0.2, 0) is 23.9 Å². The van der Waals surface area contributed by atoms with Crippen molar-refractivity contribution < 1.29 is 23.9 Å². The second-order valence-electron chi connectivity index (χ2n) is 2.89.